The van der Waals surface area contributed by atoms with Crippen LogP contribution in [0, 0.1) is 13.8 Å². The predicted molar refractivity (Wildman–Crippen MR) is 124 cm³/mol. The molecule has 4 nitrogen and oxygen atoms in total. The van der Waals surface area contributed by atoms with Gasteiger partial charge in [0.2, 0.25) is 0 Å². The molecule has 0 radical (unpaired) electrons. The minimum Gasteiger partial charge on any atom is -0.352 e. The van der Waals surface area contributed by atoms with Gasteiger partial charge in [0.1, 0.15) is 0 Å². The lowest BCUT2D eigenvalue weighted by Gasteiger charge is -2.26. The molecular weight excluding hydrogens is 370 g/mol. The van der Waals surface area contributed by atoms with Gasteiger partial charge in [-0.2, -0.15) is 0 Å². The van der Waals surface area contributed by atoms with Crippen molar-refractivity contribution in [2.45, 2.75) is 39.5 Å². The molecule has 1 saturated heterocycles. The minimum absolute atomic E-state index is 0.00907. The minimum atomic E-state index is -0.00907. The number of nitrogens with one attached hydrogen (secondary N) is 1. The molecule has 1 fully saturated rings. The van der Waals surface area contributed by atoms with E-state index in [0.29, 0.717) is 12.1 Å². The zero-order chi connectivity index (χ0) is 20.9. The van der Waals surface area contributed by atoms with E-state index in [4.69, 9.17) is 4.98 Å². The summed E-state index contributed by atoms with van der Waals surface area (Å²) < 4.78 is 0. The highest BCUT2D eigenvalue weighted by Crippen LogP contribution is 2.30. The van der Waals surface area contributed by atoms with Gasteiger partial charge in [-0.1, -0.05) is 54.4 Å². The zero-order valence-electron chi connectivity index (χ0n) is 18.1. The summed E-state index contributed by atoms with van der Waals surface area (Å²) in [4.78, 5) is 20.3. The van der Waals surface area contributed by atoms with E-state index in [2.05, 4.69) is 47.5 Å². The van der Waals surface area contributed by atoms with E-state index in [1.54, 1.807) is 0 Å². The quantitative estimate of drug-likeness (QED) is 0.583. The SMILES string of the molecule is Cc1ccc(-c2cccc3c(C(=O)NCCCN4CCCCC4)cc(C)nc23)cc1. The zero-order valence-corrected chi connectivity index (χ0v) is 18.1. The van der Waals surface area contributed by atoms with Crippen molar-refractivity contribution < 1.29 is 4.79 Å². The van der Waals surface area contributed by atoms with Crippen molar-refractivity contribution in [2.24, 2.45) is 0 Å². The van der Waals surface area contributed by atoms with Gasteiger partial charge < -0.3 is 10.2 Å². The number of pyridine rings is 1. The fourth-order valence-corrected chi connectivity index (χ4v) is 4.31. The van der Waals surface area contributed by atoms with E-state index < -0.39 is 0 Å². The van der Waals surface area contributed by atoms with E-state index in [0.717, 1.165) is 40.7 Å². The third kappa shape index (κ3) is 4.71. The first-order valence-electron chi connectivity index (χ1n) is 11.1. The summed E-state index contributed by atoms with van der Waals surface area (Å²) in [7, 11) is 0. The number of hydrogen-bond acceptors (Lipinski definition) is 3. The smallest absolute Gasteiger partial charge is 0.252 e. The average molecular weight is 402 g/mol. The molecule has 0 aliphatic carbocycles. The number of para-hydroxylation sites is 1. The van der Waals surface area contributed by atoms with Crippen LogP contribution in [-0.2, 0) is 0 Å². The number of fused-ring (bicyclic) bond motifs is 1. The van der Waals surface area contributed by atoms with Crippen molar-refractivity contribution in [1.29, 1.82) is 0 Å². The number of likely N-dealkylation sites (tertiary alicyclic amines) is 1. The van der Waals surface area contributed by atoms with Crippen LogP contribution in [0.25, 0.3) is 22.0 Å². The van der Waals surface area contributed by atoms with Crippen LogP contribution in [0.3, 0.4) is 0 Å². The highest BCUT2D eigenvalue weighted by atomic mass is 16.1. The maximum absolute atomic E-state index is 13.0. The second-order valence-corrected chi connectivity index (χ2v) is 8.39. The maximum atomic E-state index is 13.0. The Hall–Kier alpha value is -2.72. The van der Waals surface area contributed by atoms with Gasteiger partial charge in [-0.05, 0) is 64.4 Å². The summed E-state index contributed by atoms with van der Waals surface area (Å²) in [6.45, 7) is 8.21. The summed E-state index contributed by atoms with van der Waals surface area (Å²) in [6, 6.07) is 16.5. The lowest BCUT2D eigenvalue weighted by molar-refractivity contribution is 0.0952. The van der Waals surface area contributed by atoms with Crippen LogP contribution in [0.2, 0.25) is 0 Å². The number of nitrogens with zero attached hydrogens (tertiary/aromatic N) is 2. The Morgan fingerprint density at radius 2 is 1.80 bits per heavy atom. The Labute approximate surface area is 179 Å². The summed E-state index contributed by atoms with van der Waals surface area (Å²) in [6.07, 6.45) is 4.95. The van der Waals surface area contributed by atoms with Crippen LogP contribution >= 0.6 is 0 Å². The number of aromatic nitrogens is 1. The number of piperidine rings is 1. The molecule has 4 rings (SSSR count). The molecule has 0 bridgehead atoms. The molecule has 1 aliphatic heterocycles. The molecule has 1 N–H and O–H groups in total. The summed E-state index contributed by atoms with van der Waals surface area (Å²) >= 11 is 0. The number of aryl methyl sites for hydroxylation is 2. The lowest BCUT2D eigenvalue weighted by atomic mass is 9.98. The number of carbonyl (C=O) groups is 1. The van der Waals surface area contributed by atoms with Crippen LogP contribution in [0.5, 0.6) is 0 Å². The number of hydrogen-bond donors (Lipinski definition) is 1. The summed E-state index contributed by atoms with van der Waals surface area (Å²) in [5.74, 6) is -0.00907. The number of benzene rings is 2. The van der Waals surface area contributed by atoms with Crippen molar-refractivity contribution in [3.05, 3.63) is 65.4 Å². The van der Waals surface area contributed by atoms with E-state index in [9.17, 15) is 4.79 Å². The van der Waals surface area contributed by atoms with Gasteiger partial charge in [0, 0.05) is 23.2 Å². The van der Waals surface area contributed by atoms with Crippen molar-refractivity contribution in [3.63, 3.8) is 0 Å². The Morgan fingerprint density at radius 3 is 2.57 bits per heavy atom. The van der Waals surface area contributed by atoms with Crippen LogP contribution in [-0.4, -0.2) is 42.0 Å². The molecule has 1 aromatic heterocycles. The first-order valence-corrected chi connectivity index (χ1v) is 11.1. The highest BCUT2D eigenvalue weighted by molar-refractivity contribution is 6.09. The van der Waals surface area contributed by atoms with Crippen LogP contribution in [0.1, 0.15) is 47.3 Å². The Bertz CT molecular complexity index is 1020. The molecule has 4 heteroatoms. The van der Waals surface area contributed by atoms with E-state index >= 15 is 0 Å². The van der Waals surface area contributed by atoms with Crippen molar-refractivity contribution in [3.8, 4) is 11.1 Å². The number of rotatable bonds is 6. The fourth-order valence-electron chi connectivity index (χ4n) is 4.31. The molecule has 2 aromatic carbocycles. The fraction of sp³-hybridized carbons (Fsp3) is 0.385. The van der Waals surface area contributed by atoms with Gasteiger partial charge in [-0.3, -0.25) is 9.78 Å². The third-order valence-corrected chi connectivity index (χ3v) is 5.96. The van der Waals surface area contributed by atoms with E-state index in [1.807, 2.05) is 25.1 Å². The standard InChI is InChI=1S/C26H31N3O/c1-19-10-12-21(13-11-19)22-8-6-9-23-24(18-20(2)28-25(22)23)26(30)27-14-7-17-29-15-4-3-5-16-29/h6,8-13,18H,3-5,7,14-17H2,1-2H3,(H,27,30). The summed E-state index contributed by atoms with van der Waals surface area (Å²) in [5.41, 5.74) is 5.88. The van der Waals surface area contributed by atoms with E-state index in [-0.39, 0.29) is 5.91 Å². The van der Waals surface area contributed by atoms with Gasteiger partial charge in [-0.25, -0.2) is 0 Å². The van der Waals surface area contributed by atoms with Gasteiger partial charge in [0.05, 0.1) is 11.1 Å². The third-order valence-electron chi connectivity index (χ3n) is 5.96. The molecule has 1 aliphatic rings. The maximum Gasteiger partial charge on any atom is 0.252 e. The highest BCUT2D eigenvalue weighted by Gasteiger charge is 2.15. The Balaban J connectivity index is 1.52. The Kier molecular flexibility index (Phi) is 6.44. The normalized spacial score (nSPS) is 14.7. The van der Waals surface area contributed by atoms with Gasteiger partial charge in [-0.15, -0.1) is 0 Å². The molecule has 0 unspecified atom stereocenters. The first kappa shape index (κ1) is 20.5. The molecule has 156 valence electrons. The van der Waals surface area contributed by atoms with Crippen molar-refractivity contribution >= 4 is 16.8 Å². The molecule has 1 amide bonds. The number of carbonyl (C=O) groups excluding carboxylic acids is 1. The molecule has 30 heavy (non-hydrogen) atoms. The van der Waals surface area contributed by atoms with Gasteiger partial charge >= 0.3 is 0 Å². The average Bonchev–Trinajstić information content (AvgIpc) is 2.77. The molecule has 0 spiro atoms. The molecule has 3 aromatic rings. The molecule has 0 saturated carbocycles. The lowest BCUT2D eigenvalue weighted by Crippen LogP contribution is -2.33. The molecule has 2 heterocycles. The van der Waals surface area contributed by atoms with Gasteiger partial charge in [0.25, 0.3) is 5.91 Å². The monoisotopic (exact) mass is 401 g/mol. The Morgan fingerprint density at radius 1 is 1.03 bits per heavy atom. The van der Waals surface area contributed by atoms with Crippen LogP contribution in [0.15, 0.2) is 48.5 Å². The topological polar surface area (TPSA) is 45.2 Å². The largest absolute Gasteiger partial charge is 0.352 e. The number of amides is 1. The predicted octanol–water partition coefficient (Wildman–Crippen LogP) is 5.12. The second kappa shape index (κ2) is 9.40. The second-order valence-electron chi connectivity index (χ2n) is 8.39. The molecular formula is C26H31N3O. The van der Waals surface area contributed by atoms with Gasteiger partial charge in [0.15, 0.2) is 0 Å². The van der Waals surface area contributed by atoms with Crippen LogP contribution in [0.4, 0.5) is 0 Å². The van der Waals surface area contributed by atoms with Crippen molar-refractivity contribution in [1.82, 2.24) is 15.2 Å². The molecule has 0 atom stereocenters. The summed E-state index contributed by atoms with van der Waals surface area (Å²) in [5, 5.41) is 4.04. The van der Waals surface area contributed by atoms with E-state index in [1.165, 1.54) is 37.9 Å². The first-order chi connectivity index (χ1) is 14.6. The van der Waals surface area contributed by atoms with Crippen molar-refractivity contribution in [2.75, 3.05) is 26.2 Å². The van der Waals surface area contributed by atoms with Crippen LogP contribution < -0.4 is 5.32 Å².